The summed E-state index contributed by atoms with van der Waals surface area (Å²) < 4.78 is 0. The van der Waals surface area contributed by atoms with Gasteiger partial charge in [-0.1, -0.05) is 0 Å². The van der Waals surface area contributed by atoms with E-state index in [0.29, 0.717) is 11.3 Å². The van der Waals surface area contributed by atoms with E-state index < -0.39 is 5.91 Å². The van der Waals surface area contributed by atoms with Gasteiger partial charge in [0.25, 0.3) is 5.91 Å². The molecule has 1 aromatic rings. The van der Waals surface area contributed by atoms with Gasteiger partial charge in [0.05, 0.1) is 5.56 Å². The summed E-state index contributed by atoms with van der Waals surface area (Å²) >= 11 is 0. The first-order chi connectivity index (χ1) is 5.75. The molecule has 60 valence electrons. The van der Waals surface area contributed by atoms with E-state index in [-0.39, 0.29) is 0 Å². The Morgan fingerprint density at radius 1 is 1.75 bits per heavy atom. The molecule has 0 spiro atoms. The van der Waals surface area contributed by atoms with E-state index in [9.17, 15) is 4.79 Å². The van der Waals surface area contributed by atoms with Crippen LogP contribution in [0.1, 0.15) is 16.1 Å². The molecule has 4 nitrogen and oxygen atoms in total. The fourth-order valence-electron chi connectivity index (χ4n) is 0.842. The van der Waals surface area contributed by atoms with Crippen LogP contribution in [-0.2, 0) is 0 Å². The average Bonchev–Trinajstić information content (AvgIpc) is 2.05. The maximum Gasteiger partial charge on any atom is 0.266 e. The molecule has 1 amide bonds. The Morgan fingerprint density at radius 2 is 2.50 bits per heavy atom. The number of aryl methyl sites for hydroxylation is 1. The first-order valence-corrected chi connectivity index (χ1v) is 3.36. The molecule has 0 unspecified atom stereocenters. The van der Waals surface area contributed by atoms with Crippen molar-refractivity contribution in [3.63, 3.8) is 0 Å². The number of nitrogens with one attached hydrogen (secondary N) is 1. The minimum atomic E-state index is -0.414. The van der Waals surface area contributed by atoms with Gasteiger partial charge in [-0.3, -0.25) is 15.1 Å². The molecule has 0 radical (unpaired) electrons. The number of pyridine rings is 1. The molecule has 0 saturated carbocycles. The van der Waals surface area contributed by atoms with Gasteiger partial charge in [-0.15, -0.1) is 0 Å². The molecule has 0 aliphatic rings. The van der Waals surface area contributed by atoms with Crippen molar-refractivity contribution < 1.29 is 4.79 Å². The van der Waals surface area contributed by atoms with Crippen LogP contribution in [0.25, 0.3) is 0 Å². The molecule has 1 heterocycles. The predicted octanol–water partition coefficient (Wildman–Crippen LogP) is 0.601. The maximum absolute atomic E-state index is 11.1. The zero-order valence-corrected chi connectivity index (χ0v) is 6.53. The van der Waals surface area contributed by atoms with Crippen LogP contribution < -0.4 is 5.32 Å². The van der Waals surface area contributed by atoms with Crippen molar-refractivity contribution in [1.29, 1.82) is 5.26 Å². The minimum Gasteiger partial charge on any atom is -0.268 e. The normalized spacial score (nSPS) is 8.67. The Balaban J connectivity index is 2.97. The highest BCUT2D eigenvalue weighted by Gasteiger charge is 2.06. The van der Waals surface area contributed by atoms with Crippen molar-refractivity contribution in [1.82, 2.24) is 10.3 Å². The number of carbonyl (C=O) groups excluding carboxylic acids is 1. The first-order valence-electron chi connectivity index (χ1n) is 3.36. The van der Waals surface area contributed by atoms with Crippen LogP contribution >= 0.6 is 0 Å². The summed E-state index contributed by atoms with van der Waals surface area (Å²) in [6.07, 6.45) is 3.16. The van der Waals surface area contributed by atoms with Crippen LogP contribution in [0.15, 0.2) is 18.3 Å². The molecule has 1 aromatic heterocycles. The van der Waals surface area contributed by atoms with Gasteiger partial charge in [0.1, 0.15) is 0 Å². The standard InChI is InChI=1S/C8H7N3O/c1-6-7(3-2-4-10-6)8(12)11-5-9/h2-4H,1H3,(H,11,12). The number of hydrogen-bond donors (Lipinski definition) is 1. The third-order valence-electron chi connectivity index (χ3n) is 1.42. The van der Waals surface area contributed by atoms with Crippen LogP contribution in [0, 0.1) is 18.4 Å². The molecule has 4 heteroatoms. The molecule has 12 heavy (non-hydrogen) atoms. The van der Waals surface area contributed by atoms with Crippen molar-refractivity contribution in [2.24, 2.45) is 0 Å². The van der Waals surface area contributed by atoms with E-state index in [1.54, 1.807) is 31.4 Å². The molecule has 0 bridgehead atoms. The van der Waals surface area contributed by atoms with Crippen LogP contribution in [-0.4, -0.2) is 10.9 Å². The van der Waals surface area contributed by atoms with Gasteiger partial charge in [-0.2, -0.15) is 5.26 Å². The van der Waals surface area contributed by atoms with Gasteiger partial charge < -0.3 is 0 Å². The molecule has 0 aliphatic heterocycles. The molecule has 1 rings (SSSR count). The minimum absolute atomic E-state index is 0.414. The third-order valence-corrected chi connectivity index (χ3v) is 1.42. The molecular weight excluding hydrogens is 154 g/mol. The van der Waals surface area contributed by atoms with E-state index in [4.69, 9.17) is 5.26 Å². The van der Waals surface area contributed by atoms with Crippen molar-refractivity contribution in [2.45, 2.75) is 6.92 Å². The van der Waals surface area contributed by atoms with Crippen molar-refractivity contribution in [3.05, 3.63) is 29.6 Å². The number of carbonyl (C=O) groups is 1. The second kappa shape index (κ2) is 3.49. The number of amides is 1. The topological polar surface area (TPSA) is 65.8 Å². The molecule has 0 aromatic carbocycles. The lowest BCUT2D eigenvalue weighted by atomic mass is 10.2. The van der Waals surface area contributed by atoms with Gasteiger partial charge in [-0.05, 0) is 19.1 Å². The Kier molecular flexibility index (Phi) is 2.38. The number of hydrogen-bond acceptors (Lipinski definition) is 3. The summed E-state index contributed by atoms with van der Waals surface area (Å²) in [6.45, 7) is 1.71. The predicted molar refractivity (Wildman–Crippen MR) is 42.1 cm³/mol. The lowest BCUT2D eigenvalue weighted by Gasteiger charge is -1.99. The lowest BCUT2D eigenvalue weighted by Crippen LogP contribution is -2.18. The molecular formula is C8H7N3O. The van der Waals surface area contributed by atoms with Crippen LogP contribution in [0.4, 0.5) is 0 Å². The summed E-state index contributed by atoms with van der Waals surface area (Å²) in [6, 6.07) is 3.27. The largest absolute Gasteiger partial charge is 0.268 e. The highest BCUT2D eigenvalue weighted by molar-refractivity contribution is 5.95. The summed E-state index contributed by atoms with van der Waals surface area (Å²) in [5.74, 6) is -0.414. The van der Waals surface area contributed by atoms with Crippen LogP contribution in [0.3, 0.4) is 0 Å². The zero-order valence-electron chi connectivity index (χ0n) is 6.53. The second-order valence-corrected chi connectivity index (χ2v) is 2.20. The summed E-state index contributed by atoms with van der Waals surface area (Å²) in [4.78, 5) is 15.0. The third kappa shape index (κ3) is 1.58. The molecule has 1 N–H and O–H groups in total. The van der Waals surface area contributed by atoms with E-state index in [2.05, 4.69) is 4.98 Å². The van der Waals surface area contributed by atoms with Crippen LogP contribution in [0.5, 0.6) is 0 Å². The molecule has 0 saturated heterocycles. The average molecular weight is 161 g/mol. The maximum atomic E-state index is 11.1. The van der Waals surface area contributed by atoms with Crippen LogP contribution in [0.2, 0.25) is 0 Å². The number of nitriles is 1. The van der Waals surface area contributed by atoms with E-state index in [1.165, 1.54) is 0 Å². The highest BCUT2D eigenvalue weighted by atomic mass is 16.1. The molecule has 0 atom stereocenters. The van der Waals surface area contributed by atoms with E-state index in [1.807, 2.05) is 5.32 Å². The number of rotatable bonds is 1. The van der Waals surface area contributed by atoms with Gasteiger partial charge in [0, 0.05) is 11.9 Å². The lowest BCUT2D eigenvalue weighted by molar-refractivity contribution is 0.0972. The van der Waals surface area contributed by atoms with Crippen molar-refractivity contribution in [3.8, 4) is 6.19 Å². The highest BCUT2D eigenvalue weighted by Crippen LogP contribution is 2.02. The quantitative estimate of drug-likeness (QED) is 0.484. The summed E-state index contributed by atoms with van der Waals surface area (Å²) in [5, 5.41) is 10.2. The second-order valence-electron chi connectivity index (χ2n) is 2.20. The van der Waals surface area contributed by atoms with E-state index in [0.717, 1.165) is 0 Å². The fraction of sp³-hybridized carbons (Fsp3) is 0.125. The zero-order chi connectivity index (χ0) is 8.97. The van der Waals surface area contributed by atoms with Crippen molar-refractivity contribution >= 4 is 5.91 Å². The number of nitrogens with zero attached hydrogens (tertiary/aromatic N) is 2. The Hall–Kier alpha value is -1.89. The van der Waals surface area contributed by atoms with Gasteiger partial charge >= 0.3 is 0 Å². The molecule has 0 fully saturated rings. The smallest absolute Gasteiger partial charge is 0.266 e. The van der Waals surface area contributed by atoms with E-state index >= 15 is 0 Å². The van der Waals surface area contributed by atoms with Gasteiger partial charge in [0.2, 0.25) is 0 Å². The fourth-order valence-corrected chi connectivity index (χ4v) is 0.842. The Morgan fingerprint density at radius 3 is 3.08 bits per heavy atom. The Bertz CT molecular complexity index is 340. The molecule has 0 aliphatic carbocycles. The summed E-state index contributed by atoms with van der Waals surface area (Å²) in [7, 11) is 0. The van der Waals surface area contributed by atoms with Crippen molar-refractivity contribution in [2.75, 3.05) is 0 Å². The van der Waals surface area contributed by atoms with Gasteiger partial charge in [0.15, 0.2) is 6.19 Å². The Labute approximate surface area is 69.8 Å². The van der Waals surface area contributed by atoms with Gasteiger partial charge in [-0.25, -0.2) is 0 Å². The number of aromatic nitrogens is 1. The monoisotopic (exact) mass is 161 g/mol. The first kappa shape index (κ1) is 8.21. The summed E-state index contributed by atoms with van der Waals surface area (Å²) in [5.41, 5.74) is 1.05. The SMILES string of the molecule is Cc1ncccc1C(=O)NC#N.